The van der Waals surface area contributed by atoms with Gasteiger partial charge in [0.05, 0.1) is 5.69 Å². The summed E-state index contributed by atoms with van der Waals surface area (Å²) in [5.41, 5.74) is 1.04. The molecule has 19 heavy (non-hydrogen) atoms. The lowest BCUT2D eigenvalue weighted by atomic mass is 9.93. The van der Waals surface area contributed by atoms with E-state index < -0.39 is 0 Å². The molecule has 0 saturated heterocycles. The van der Waals surface area contributed by atoms with E-state index in [9.17, 15) is 0 Å². The molecule has 0 radical (unpaired) electrons. The fourth-order valence-electron chi connectivity index (χ4n) is 1.20. The van der Waals surface area contributed by atoms with Gasteiger partial charge in [0.15, 0.2) is 5.82 Å². The Bertz CT molecular complexity index is 488. The lowest BCUT2D eigenvalue weighted by Crippen LogP contribution is -2.13. The normalized spacial score (nSPS) is 11.9. The molecular weight excluding hydrogens is 242 g/mol. The molecule has 0 aliphatic heterocycles. The van der Waals surface area contributed by atoms with Crippen molar-refractivity contribution >= 4 is 0 Å². The fourth-order valence-corrected chi connectivity index (χ4v) is 1.20. The van der Waals surface area contributed by atoms with Gasteiger partial charge in [0.1, 0.15) is 5.76 Å². The molecule has 2 rings (SSSR count). The number of hydrogen-bond acceptors (Lipinski definition) is 5. The van der Waals surface area contributed by atoms with Crippen molar-refractivity contribution < 1.29 is 4.52 Å². The summed E-state index contributed by atoms with van der Waals surface area (Å²) >= 11 is 0. The van der Waals surface area contributed by atoms with E-state index >= 15 is 0 Å². The molecule has 0 aliphatic carbocycles. The molecule has 2 aromatic rings. The lowest BCUT2D eigenvalue weighted by molar-refractivity contribution is 0.327. The minimum atomic E-state index is 0.00694. The molecule has 106 valence electrons. The Morgan fingerprint density at radius 2 is 1.68 bits per heavy atom. The molecule has 2 aromatic heterocycles. The number of nitrogens with zero attached hydrogens (tertiary/aromatic N) is 4. The highest BCUT2D eigenvalue weighted by Crippen LogP contribution is 2.21. The number of rotatable bonds is 0. The zero-order valence-electron chi connectivity index (χ0n) is 12.8. The van der Waals surface area contributed by atoms with Crippen LogP contribution in [-0.4, -0.2) is 25.8 Å². The van der Waals surface area contributed by atoms with Crippen LogP contribution in [0.15, 0.2) is 10.6 Å². The van der Waals surface area contributed by atoms with Crippen molar-refractivity contribution in [3.63, 3.8) is 0 Å². The minimum absolute atomic E-state index is 0.00694. The van der Waals surface area contributed by atoms with Crippen LogP contribution < -0.4 is 0 Å². The molecule has 1 N–H and O–H groups in total. The summed E-state index contributed by atoms with van der Waals surface area (Å²) in [6.07, 6.45) is 0. The molecule has 0 spiro atoms. The van der Waals surface area contributed by atoms with Gasteiger partial charge in [-0.05, 0) is 6.92 Å². The van der Waals surface area contributed by atoms with Gasteiger partial charge in [-0.3, -0.25) is 0 Å². The SMILES string of the molecule is CC(C)(C)c1nn[nH]n1.Cc1cc(C(C)(C)C)on1. The molecule has 0 aromatic carbocycles. The van der Waals surface area contributed by atoms with Crippen LogP contribution in [0.1, 0.15) is 58.8 Å². The van der Waals surface area contributed by atoms with E-state index in [1.807, 2.05) is 33.8 Å². The zero-order chi connectivity index (χ0) is 14.7. The largest absolute Gasteiger partial charge is 0.361 e. The summed E-state index contributed by atoms with van der Waals surface area (Å²) in [5.74, 6) is 1.70. The van der Waals surface area contributed by atoms with Crippen molar-refractivity contribution in [1.29, 1.82) is 0 Å². The molecular formula is C13H23N5O. The zero-order valence-corrected chi connectivity index (χ0v) is 12.8. The predicted molar refractivity (Wildman–Crippen MR) is 72.8 cm³/mol. The van der Waals surface area contributed by atoms with Crippen molar-refractivity contribution in [2.24, 2.45) is 0 Å². The average Bonchev–Trinajstić information content (AvgIpc) is 2.84. The summed E-state index contributed by atoms with van der Waals surface area (Å²) in [5, 5.41) is 17.3. The maximum absolute atomic E-state index is 5.08. The van der Waals surface area contributed by atoms with Crippen LogP contribution in [-0.2, 0) is 10.8 Å². The molecule has 6 heteroatoms. The smallest absolute Gasteiger partial charge is 0.179 e. The first-order chi connectivity index (χ1) is 8.60. The number of aromatic amines is 1. The Labute approximate surface area is 114 Å². The predicted octanol–water partition coefficient (Wildman–Crippen LogP) is 2.78. The van der Waals surface area contributed by atoms with Gasteiger partial charge in [-0.15, -0.1) is 10.2 Å². The summed E-state index contributed by atoms with van der Waals surface area (Å²) < 4.78 is 5.08. The van der Waals surface area contributed by atoms with E-state index in [1.165, 1.54) is 0 Å². The Morgan fingerprint density at radius 1 is 1.05 bits per heavy atom. The number of aromatic nitrogens is 5. The van der Waals surface area contributed by atoms with E-state index in [0.29, 0.717) is 0 Å². The number of nitrogens with one attached hydrogen (secondary N) is 1. The van der Waals surface area contributed by atoms with Crippen LogP contribution in [0, 0.1) is 6.92 Å². The maximum Gasteiger partial charge on any atom is 0.179 e. The van der Waals surface area contributed by atoms with E-state index in [0.717, 1.165) is 17.3 Å². The first-order valence-electron chi connectivity index (χ1n) is 6.28. The van der Waals surface area contributed by atoms with Crippen LogP contribution >= 0.6 is 0 Å². The van der Waals surface area contributed by atoms with Crippen molar-refractivity contribution in [3.8, 4) is 0 Å². The lowest BCUT2D eigenvalue weighted by Gasteiger charge is -2.11. The summed E-state index contributed by atoms with van der Waals surface area (Å²) in [6, 6.07) is 1.97. The van der Waals surface area contributed by atoms with E-state index in [4.69, 9.17) is 4.52 Å². The van der Waals surface area contributed by atoms with Gasteiger partial charge in [-0.1, -0.05) is 51.9 Å². The highest BCUT2D eigenvalue weighted by Gasteiger charge is 2.18. The van der Waals surface area contributed by atoms with Crippen molar-refractivity contribution in [1.82, 2.24) is 25.8 Å². The minimum Gasteiger partial charge on any atom is -0.361 e. The Balaban J connectivity index is 0.000000191. The third-order valence-electron chi connectivity index (χ3n) is 2.38. The standard InChI is InChI=1S/C8H13NO.C5H10N4/c1-6-5-7(10-9-6)8(2,3)4;1-5(2,3)4-6-8-9-7-4/h5H,1-4H3;1-3H3,(H,6,7,8,9). The van der Waals surface area contributed by atoms with Crippen LogP contribution in [0.4, 0.5) is 0 Å². The number of H-pyrrole nitrogens is 1. The Hall–Kier alpha value is -1.72. The summed E-state index contributed by atoms with van der Waals surface area (Å²) in [4.78, 5) is 0. The van der Waals surface area contributed by atoms with Crippen LogP contribution in [0.25, 0.3) is 0 Å². The molecule has 0 aliphatic rings. The monoisotopic (exact) mass is 265 g/mol. The molecule has 0 amide bonds. The second kappa shape index (κ2) is 5.50. The van der Waals surface area contributed by atoms with Gasteiger partial charge < -0.3 is 4.52 Å². The number of hydrogen-bond donors (Lipinski definition) is 1. The molecule has 0 fully saturated rings. The van der Waals surface area contributed by atoms with Gasteiger partial charge in [0.2, 0.25) is 0 Å². The van der Waals surface area contributed by atoms with Gasteiger partial charge in [-0.25, -0.2) is 0 Å². The van der Waals surface area contributed by atoms with Crippen molar-refractivity contribution in [2.45, 2.75) is 59.3 Å². The van der Waals surface area contributed by atoms with Crippen molar-refractivity contribution in [2.75, 3.05) is 0 Å². The van der Waals surface area contributed by atoms with Crippen LogP contribution in [0.3, 0.4) is 0 Å². The van der Waals surface area contributed by atoms with E-state index in [2.05, 4.69) is 46.6 Å². The molecule has 6 nitrogen and oxygen atoms in total. The highest BCUT2D eigenvalue weighted by atomic mass is 16.5. The quantitative estimate of drug-likeness (QED) is 0.792. The van der Waals surface area contributed by atoms with Crippen molar-refractivity contribution in [3.05, 3.63) is 23.3 Å². The van der Waals surface area contributed by atoms with Crippen LogP contribution in [0.5, 0.6) is 0 Å². The molecule has 0 atom stereocenters. The summed E-state index contributed by atoms with van der Waals surface area (Å²) in [6.45, 7) is 14.4. The summed E-state index contributed by atoms with van der Waals surface area (Å²) in [7, 11) is 0. The first-order valence-corrected chi connectivity index (χ1v) is 6.28. The second-order valence-corrected chi connectivity index (χ2v) is 6.57. The Kier molecular flexibility index (Phi) is 4.44. The number of aryl methyl sites for hydroxylation is 1. The average molecular weight is 265 g/mol. The molecule has 0 saturated carbocycles. The first kappa shape index (κ1) is 15.3. The van der Waals surface area contributed by atoms with E-state index in [-0.39, 0.29) is 10.8 Å². The van der Waals surface area contributed by atoms with Gasteiger partial charge >= 0.3 is 0 Å². The van der Waals surface area contributed by atoms with Crippen LogP contribution in [0.2, 0.25) is 0 Å². The molecule has 0 bridgehead atoms. The van der Waals surface area contributed by atoms with Gasteiger partial charge in [-0.2, -0.15) is 5.21 Å². The third kappa shape index (κ3) is 4.81. The van der Waals surface area contributed by atoms with E-state index in [1.54, 1.807) is 0 Å². The van der Waals surface area contributed by atoms with Gasteiger partial charge in [0, 0.05) is 16.9 Å². The highest BCUT2D eigenvalue weighted by molar-refractivity contribution is 5.11. The topological polar surface area (TPSA) is 80.5 Å². The molecule has 2 heterocycles. The fraction of sp³-hybridized carbons (Fsp3) is 0.692. The maximum atomic E-state index is 5.08. The molecule has 0 unspecified atom stereocenters. The second-order valence-electron chi connectivity index (χ2n) is 6.57. The van der Waals surface area contributed by atoms with Gasteiger partial charge in [0.25, 0.3) is 0 Å². The number of tetrazole rings is 1. The Morgan fingerprint density at radius 3 is 1.89 bits per heavy atom. The third-order valence-corrected chi connectivity index (χ3v) is 2.38.